The lowest BCUT2D eigenvalue weighted by Crippen LogP contribution is -2.27. The molecule has 0 aliphatic carbocycles. The van der Waals surface area contributed by atoms with E-state index in [2.05, 4.69) is 89.8 Å². The number of nitrogens with one attached hydrogen (secondary N) is 1. The minimum Gasteiger partial charge on any atom is -0.406 e. The van der Waals surface area contributed by atoms with Crippen LogP contribution in [0.2, 0.25) is 0 Å². The molecule has 6 heteroatoms. The van der Waals surface area contributed by atoms with Crippen LogP contribution in [0.1, 0.15) is 61.4 Å². The van der Waals surface area contributed by atoms with Gasteiger partial charge in [0.05, 0.1) is 0 Å². The lowest BCUT2D eigenvalue weighted by atomic mass is 9.81. The van der Waals surface area contributed by atoms with E-state index >= 15 is 0 Å². The predicted molar refractivity (Wildman–Crippen MR) is 156 cm³/mol. The Kier molecular flexibility index (Phi) is 10.5. The highest BCUT2D eigenvalue weighted by molar-refractivity contribution is 5.98. The molecule has 0 saturated heterocycles. The second kappa shape index (κ2) is 13.8. The Hall–Kier alpha value is -3.61. The van der Waals surface area contributed by atoms with Crippen molar-refractivity contribution < 1.29 is 14.5 Å². The van der Waals surface area contributed by atoms with Crippen molar-refractivity contribution in [3.63, 3.8) is 0 Å². The van der Waals surface area contributed by atoms with E-state index in [-0.39, 0.29) is 11.8 Å². The summed E-state index contributed by atoms with van der Waals surface area (Å²) in [5.41, 5.74) is 6.47. The number of amides is 1. The van der Waals surface area contributed by atoms with E-state index in [0.29, 0.717) is 0 Å². The maximum absolute atomic E-state index is 11.8. The fraction of sp³-hybridized carbons (Fsp3) is 0.344. The molecule has 6 nitrogen and oxygen atoms in total. The summed E-state index contributed by atoms with van der Waals surface area (Å²) < 4.78 is 0. The Balaban J connectivity index is 2.14. The van der Waals surface area contributed by atoms with Crippen LogP contribution in [0.4, 0.5) is 5.69 Å². The van der Waals surface area contributed by atoms with E-state index in [9.17, 15) is 4.79 Å². The van der Waals surface area contributed by atoms with Crippen molar-refractivity contribution in [1.29, 1.82) is 0 Å². The van der Waals surface area contributed by atoms with Gasteiger partial charge in [-0.05, 0) is 112 Å². The lowest BCUT2D eigenvalue weighted by molar-refractivity contribution is -0.111. The van der Waals surface area contributed by atoms with Crippen LogP contribution in [-0.2, 0) is 4.79 Å². The molecule has 38 heavy (non-hydrogen) atoms. The van der Waals surface area contributed by atoms with Crippen molar-refractivity contribution in [2.24, 2.45) is 0 Å². The van der Waals surface area contributed by atoms with Gasteiger partial charge in [0, 0.05) is 37.8 Å². The van der Waals surface area contributed by atoms with Gasteiger partial charge >= 0.3 is 0 Å². The summed E-state index contributed by atoms with van der Waals surface area (Å²) in [6.07, 6.45) is 1.27. The first-order valence-electron chi connectivity index (χ1n) is 13.4. The molecule has 0 radical (unpaired) electrons. The molecular formula is C32H41N3O3. The monoisotopic (exact) mass is 515 g/mol. The Bertz CT molecular complexity index is 1150. The van der Waals surface area contributed by atoms with E-state index in [1.54, 1.807) is 0 Å². The fourth-order valence-electron chi connectivity index (χ4n) is 4.46. The van der Waals surface area contributed by atoms with Crippen LogP contribution in [0, 0.1) is 13.8 Å². The van der Waals surface area contributed by atoms with Crippen molar-refractivity contribution in [2.75, 3.05) is 31.5 Å². The van der Waals surface area contributed by atoms with Gasteiger partial charge in [0.2, 0.25) is 5.91 Å². The summed E-state index contributed by atoms with van der Waals surface area (Å²) in [6, 6.07) is 20.6. The smallest absolute Gasteiger partial charge is 0.247 e. The number of carbonyl (C=O) groups excluding carboxylic acids is 1. The molecule has 0 atom stereocenters. The highest BCUT2D eigenvalue weighted by Gasteiger charge is 2.23. The van der Waals surface area contributed by atoms with Gasteiger partial charge in [0.25, 0.3) is 0 Å². The molecule has 202 valence electrons. The average molecular weight is 516 g/mol. The minimum atomic E-state index is -0.233. The Morgan fingerprint density at radius 1 is 0.789 bits per heavy atom. The Morgan fingerprint density at radius 2 is 1.24 bits per heavy atom. The summed E-state index contributed by atoms with van der Waals surface area (Å²) in [7, 11) is 0. The van der Waals surface area contributed by atoms with Gasteiger partial charge in [-0.3, -0.25) is 4.79 Å². The molecule has 0 aliphatic rings. The first kappa shape index (κ1) is 29.0. The maximum atomic E-state index is 11.8. The first-order valence-corrected chi connectivity index (χ1v) is 13.4. The van der Waals surface area contributed by atoms with Gasteiger partial charge in [-0.25, -0.2) is 0 Å². The largest absolute Gasteiger partial charge is 0.406 e. The van der Waals surface area contributed by atoms with Crippen molar-refractivity contribution in [1.82, 2.24) is 10.1 Å². The number of anilines is 1. The van der Waals surface area contributed by atoms with Crippen LogP contribution in [-0.4, -0.2) is 42.2 Å². The number of hydrogen-bond acceptors (Lipinski definition) is 5. The van der Waals surface area contributed by atoms with Gasteiger partial charge in [0.1, 0.15) is 11.5 Å². The molecule has 0 bridgehead atoms. The quantitative estimate of drug-likeness (QED) is 0.153. The molecule has 0 spiro atoms. The minimum absolute atomic E-state index is 0.0698. The van der Waals surface area contributed by atoms with E-state index in [1.807, 2.05) is 34.4 Å². The number of rotatable bonds is 13. The van der Waals surface area contributed by atoms with Gasteiger partial charge < -0.3 is 15.0 Å². The summed E-state index contributed by atoms with van der Waals surface area (Å²) in [5.74, 6) is 1.31. The molecule has 0 saturated carbocycles. The fourth-order valence-corrected chi connectivity index (χ4v) is 4.46. The predicted octanol–water partition coefficient (Wildman–Crippen LogP) is 6.88. The van der Waals surface area contributed by atoms with Gasteiger partial charge in [-0.1, -0.05) is 30.8 Å². The maximum Gasteiger partial charge on any atom is 0.247 e. The summed E-state index contributed by atoms with van der Waals surface area (Å²) >= 11 is 0. The summed E-state index contributed by atoms with van der Waals surface area (Å²) in [4.78, 5) is 24.2. The standard InChI is InChI=1S/C32H41N3O3/c1-8-31(36)33-26-17-15-25(16-18-26)32(29-21-27(19-13-23(29)6)37-34(9-2)10-3)30-22-28(20-14-24(30)7)38-35(11-4)12-5/h8,13-22,32H,1,9-12H2,2-7H3,(H,33,36). The molecule has 3 aromatic rings. The second-order valence-electron chi connectivity index (χ2n) is 9.20. The van der Waals surface area contributed by atoms with Gasteiger partial charge in [-0.15, -0.1) is 10.1 Å². The highest BCUT2D eigenvalue weighted by atomic mass is 16.7. The molecule has 0 aliphatic heterocycles. The van der Waals surface area contributed by atoms with Crippen molar-refractivity contribution in [3.05, 3.63) is 101 Å². The second-order valence-corrected chi connectivity index (χ2v) is 9.20. The zero-order valence-corrected chi connectivity index (χ0v) is 23.6. The van der Waals surface area contributed by atoms with E-state index in [1.165, 1.54) is 17.2 Å². The first-order chi connectivity index (χ1) is 18.3. The van der Waals surface area contributed by atoms with Gasteiger partial charge in [-0.2, -0.15) is 0 Å². The van der Waals surface area contributed by atoms with Crippen LogP contribution in [0.3, 0.4) is 0 Å². The Morgan fingerprint density at radius 3 is 1.63 bits per heavy atom. The van der Waals surface area contributed by atoms with Crippen molar-refractivity contribution >= 4 is 11.6 Å². The zero-order valence-electron chi connectivity index (χ0n) is 23.6. The number of nitrogens with zero attached hydrogens (tertiary/aromatic N) is 2. The number of hydrogen-bond donors (Lipinski definition) is 1. The van der Waals surface area contributed by atoms with Gasteiger partial charge in [0.15, 0.2) is 0 Å². The zero-order chi connectivity index (χ0) is 27.7. The molecule has 3 rings (SSSR count). The van der Waals surface area contributed by atoms with E-state index in [0.717, 1.165) is 60.1 Å². The van der Waals surface area contributed by atoms with E-state index < -0.39 is 0 Å². The molecular weight excluding hydrogens is 474 g/mol. The van der Waals surface area contributed by atoms with Crippen LogP contribution in [0.25, 0.3) is 0 Å². The van der Waals surface area contributed by atoms with Crippen LogP contribution in [0.5, 0.6) is 11.5 Å². The third kappa shape index (κ3) is 7.24. The summed E-state index contributed by atoms with van der Waals surface area (Å²) in [6.45, 7) is 19.3. The Labute approximate surface area is 227 Å². The third-order valence-electron chi connectivity index (χ3n) is 6.70. The number of benzene rings is 3. The normalized spacial score (nSPS) is 11.2. The van der Waals surface area contributed by atoms with Crippen LogP contribution < -0.4 is 15.0 Å². The van der Waals surface area contributed by atoms with E-state index in [4.69, 9.17) is 9.68 Å². The summed E-state index contributed by atoms with van der Waals surface area (Å²) in [5, 5.41) is 6.71. The topological polar surface area (TPSA) is 54.0 Å². The molecule has 3 aromatic carbocycles. The molecule has 0 unspecified atom stereocenters. The highest BCUT2D eigenvalue weighted by Crippen LogP contribution is 2.39. The lowest BCUT2D eigenvalue weighted by Gasteiger charge is -2.26. The molecule has 0 fully saturated rings. The van der Waals surface area contributed by atoms with Crippen molar-refractivity contribution in [2.45, 2.75) is 47.5 Å². The molecule has 0 heterocycles. The van der Waals surface area contributed by atoms with Crippen LogP contribution >= 0.6 is 0 Å². The van der Waals surface area contributed by atoms with Crippen molar-refractivity contribution in [3.8, 4) is 11.5 Å². The third-order valence-corrected chi connectivity index (χ3v) is 6.70. The molecule has 1 N–H and O–H groups in total. The molecule has 0 aromatic heterocycles. The van der Waals surface area contributed by atoms with Crippen LogP contribution in [0.15, 0.2) is 73.3 Å². The SMILES string of the molecule is C=CC(=O)Nc1ccc(C(c2cc(ON(CC)CC)ccc2C)c2cc(ON(CC)CC)ccc2C)cc1. The number of carbonyl (C=O) groups is 1. The average Bonchev–Trinajstić information content (AvgIpc) is 2.94. The number of aryl methyl sites for hydroxylation is 2. The number of hydroxylamine groups is 4. The molecule has 1 amide bonds.